The molecule has 1 saturated heterocycles. The molecule has 1 aliphatic rings. The summed E-state index contributed by atoms with van der Waals surface area (Å²) in [7, 11) is 0. The van der Waals surface area contributed by atoms with E-state index in [1.165, 1.54) is 0 Å². The van der Waals surface area contributed by atoms with Crippen LogP contribution in [0.15, 0.2) is 72.8 Å². The van der Waals surface area contributed by atoms with Gasteiger partial charge in [0.2, 0.25) is 0 Å². The van der Waals surface area contributed by atoms with Crippen molar-refractivity contribution in [2.45, 2.75) is 32.4 Å². The Kier molecular flexibility index (Phi) is 8.09. The lowest BCUT2D eigenvalue weighted by Gasteiger charge is -2.37. The number of carboxylic acids is 1. The van der Waals surface area contributed by atoms with Crippen molar-refractivity contribution < 1.29 is 19.4 Å². The number of hydrogen-bond acceptors (Lipinski definition) is 4. The van der Waals surface area contributed by atoms with Crippen molar-refractivity contribution in [1.29, 1.82) is 0 Å². The second-order valence-electron chi connectivity index (χ2n) is 8.54. The maximum absolute atomic E-state index is 11.7. The van der Waals surface area contributed by atoms with Crippen molar-refractivity contribution in [3.63, 3.8) is 0 Å². The highest BCUT2D eigenvalue weighted by Crippen LogP contribution is 2.38. The van der Waals surface area contributed by atoms with E-state index in [0.717, 1.165) is 29.7 Å². The first-order valence-electron chi connectivity index (χ1n) is 11.7. The van der Waals surface area contributed by atoms with Crippen LogP contribution in [0.3, 0.4) is 0 Å². The molecule has 0 amide bonds. The zero-order valence-electron chi connectivity index (χ0n) is 19.3. The third-order valence-corrected chi connectivity index (χ3v) is 6.43. The predicted molar refractivity (Wildman–Crippen MR) is 134 cm³/mol. The van der Waals surface area contributed by atoms with Crippen LogP contribution in [0.5, 0.6) is 11.5 Å². The van der Waals surface area contributed by atoms with E-state index in [2.05, 4.69) is 4.90 Å². The largest absolute Gasteiger partial charge is 0.490 e. The summed E-state index contributed by atoms with van der Waals surface area (Å²) in [6, 6.07) is 23.7. The van der Waals surface area contributed by atoms with Gasteiger partial charge in [0.1, 0.15) is 6.61 Å². The Labute approximate surface area is 205 Å². The van der Waals surface area contributed by atoms with Crippen molar-refractivity contribution in [3.05, 3.63) is 94.5 Å². The van der Waals surface area contributed by atoms with E-state index in [-0.39, 0.29) is 12.0 Å². The van der Waals surface area contributed by atoms with Crippen LogP contribution >= 0.6 is 11.6 Å². The van der Waals surface area contributed by atoms with E-state index in [0.29, 0.717) is 42.7 Å². The summed E-state index contributed by atoms with van der Waals surface area (Å²) in [6.45, 7) is 4.24. The highest BCUT2D eigenvalue weighted by atomic mass is 35.5. The van der Waals surface area contributed by atoms with Gasteiger partial charge >= 0.3 is 5.97 Å². The minimum atomic E-state index is -0.737. The molecule has 0 radical (unpaired) electrons. The lowest BCUT2D eigenvalue weighted by molar-refractivity contribution is -0.143. The minimum absolute atomic E-state index is 0.109. The Hall–Kier alpha value is -3.02. The smallest absolute Gasteiger partial charge is 0.307 e. The number of halogens is 1. The zero-order chi connectivity index (χ0) is 23.9. The van der Waals surface area contributed by atoms with Gasteiger partial charge in [-0.1, -0.05) is 60.1 Å². The van der Waals surface area contributed by atoms with Crippen LogP contribution < -0.4 is 9.47 Å². The molecular formula is C28H30ClNO4. The van der Waals surface area contributed by atoms with E-state index in [1.807, 2.05) is 79.7 Å². The summed E-state index contributed by atoms with van der Waals surface area (Å²) in [5, 5.41) is 10.3. The Balaban J connectivity index is 1.66. The Morgan fingerprint density at radius 3 is 2.47 bits per heavy atom. The fraction of sp³-hybridized carbons (Fsp3) is 0.321. The van der Waals surface area contributed by atoms with Crippen molar-refractivity contribution in [2.24, 2.45) is 5.92 Å². The first-order chi connectivity index (χ1) is 16.5. The summed E-state index contributed by atoms with van der Waals surface area (Å²) in [4.78, 5) is 14.0. The summed E-state index contributed by atoms with van der Waals surface area (Å²) in [5.41, 5.74) is 3.18. The number of aliphatic carboxylic acids is 1. The SMILES string of the molecule is CCOc1cc(C(c2ccc(Cl)cc2)N2CCCC(C(=O)O)C2)ccc1OCc1ccccc1. The number of hydrogen-bond donors (Lipinski definition) is 1. The molecule has 0 aliphatic carbocycles. The fourth-order valence-corrected chi connectivity index (χ4v) is 4.65. The van der Waals surface area contributed by atoms with Crippen molar-refractivity contribution in [3.8, 4) is 11.5 Å². The van der Waals surface area contributed by atoms with E-state index in [4.69, 9.17) is 21.1 Å². The van der Waals surface area contributed by atoms with Crippen LogP contribution in [0.1, 0.15) is 42.5 Å². The first kappa shape index (κ1) is 24.1. The minimum Gasteiger partial charge on any atom is -0.490 e. The number of nitrogens with zero attached hydrogens (tertiary/aromatic N) is 1. The van der Waals surface area contributed by atoms with Gasteiger partial charge in [0, 0.05) is 11.6 Å². The third-order valence-electron chi connectivity index (χ3n) is 6.17. The fourth-order valence-electron chi connectivity index (χ4n) is 4.52. The molecule has 1 heterocycles. The highest BCUT2D eigenvalue weighted by Gasteiger charge is 2.31. The summed E-state index contributed by atoms with van der Waals surface area (Å²) >= 11 is 6.16. The molecule has 6 heteroatoms. The van der Waals surface area contributed by atoms with Gasteiger partial charge in [-0.05, 0) is 67.3 Å². The molecule has 2 unspecified atom stereocenters. The first-order valence-corrected chi connectivity index (χ1v) is 12.1. The van der Waals surface area contributed by atoms with Crippen molar-refractivity contribution in [2.75, 3.05) is 19.7 Å². The predicted octanol–water partition coefficient (Wildman–Crippen LogP) is 6.20. The van der Waals surface area contributed by atoms with E-state index in [9.17, 15) is 9.90 Å². The molecule has 0 bridgehead atoms. The maximum atomic E-state index is 11.7. The van der Waals surface area contributed by atoms with Gasteiger partial charge in [0.25, 0.3) is 0 Å². The van der Waals surface area contributed by atoms with Crippen LogP contribution in [0.2, 0.25) is 5.02 Å². The Morgan fingerprint density at radius 1 is 1.03 bits per heavy atom. The number of likely N-dealkylation sites (tertiary alicyclic amines) is 1. The molecule has 178 valence electrons. The molecule has 0 aromatic heterocycles. The second kappa shape index (κ2) is 11.4. The maximum Gasteiger partial charge on any atom is 0.307 e. The number of piperidine rings is 1. The quantitative estimate of drug-likeness (QED) is 0.395. The van der Waals surface area contributed by atoms with Gasteiger partial charge in [0.15, 0.2) is 11.5 Å². The van der Waals surface area contributed by atoms with E-state index >= 15 is 0 Å². The van der Waals surface area contributed by atoms with Gasteiger partial charge in [-0.15, -0.1) is 0 Å². The molecule has 1 aliphatic heterocycles. The van der Waals surface area contributed by atoms with Crippen molar-refractivity contribution in [1.82, 2.24) is 4.90 Å². The van der Waals surface area contributed by atoms with Crippen molar-refractivity contribution >= 4 is 17.6 Å². The van der Waals surface area contributed by atoms with E-state index < -0.39 is 5.97 Å². The molecule has 1 N–H and O–H groups in total. The Bertz CT molecular complexity index is 1090. The molecule has 3 aromatic carbocycles. The molecule has 3 aromatic rings. The Morgan fingerprint density at radius 2 is 1.76 bits per heavy atom. The number of carbonyl (C=O) groups is 1. The molecular weight excluding hydrogens is 450 g/mol. The third kappa shape index (κ3) is 5.91. The second-order valence-corrected chi connectivity index (χ2v) is 8.98. The van der Waals surface area contributed by atoms with Crippen LogP contribution in [-0.2, 0) is 11.4 Å². The zero-order valence-corrected chi connectivity index (χ0v) is 20.1. The molecule has 5 nitrogen and oxygen atoms in total. The van der Waals surface area contributed by atoms with Crippen LogP contribution in [-0.4, -0.2) is 35.7 Å². The van der Waals surface area contributed by atoms with Crippen LogP contribution in [0.4, 0.5) is 0 Å². The van der Waals surface area contributed by atoms with Gasteiger partial charge in [0.05, 0.1) is 18.6 Å². The topological polar surface area (TPSA) is 59.0 Å². The van der Waals surface area contributed by atoms with Crippen LogP contribution in [0.25, 0.3) is 0 Å². The summed E-state index contributed by atoms with van der Waals surface area (Å²) in [6.07, 6.45) is 1.55. The molecule has 0 spiro atoms. The standard InChI is InChI=1S/C28H30ClNO4/c1-2-33-26-17-22(12-15-25(26)34-19-20-7-4-3-5-8-20)27(21-10-13-24(29)14-11-21)30-16-6-9-23(18-30)28(31)32/h3-5,7-8,10-15,17,23,27H,2,6,9,16,18-19H2,1H3,(H,31,32). The molecule has 0 saturated carbocycles. The van der Waals surface area contributed by atoms with Gasteiger partial charge in [-0.3, -0.25) is 9.69 Å². The molecule has 2 atom stereocenters. The number of benzene rings is 3. The average molecular weight is 480 g/mol. The number of ether oxygens (including phenoxy) is 2. The monoisotopic (exact) mass is 479 g/mol. The number of carboxylic acid groups (broad SMARTS) is 1. The lowest BCUT2D eigenvalue weighted by Crippen LogP contribution is -2.41. The summed E-state index contributed by atoms with van der Waals surface area (Å²) < 4.78 is 12.1. The van der Waals surface area contributed by atoms with Gasteiger partial charge in [-0.25, -0.2) is 0 Å². The lowest BCUT2D eigenvalue weighted by atomic mass is 9.91. The van der Waals surface area contributed by atoms with Gasteiger partial charge < -0.3 is 14.6 Å². The highest BCUT2D eigenvalue weighted by molar-refractivity contribution is 6.30. The summed E-state index contributed by atoms with van der Waals surface area (Å²) in [5.74, 6) is 0.260. The van der Waals surface area contributed by atoms with E-state index in [1.54, 1.807) is 0 Å². The van der Waals surface area contributed by atoms with Crippen LogP contribution in [0, 0.1) is 5.92 Å². The molecule has 4 rings (SSSR count). The average Bonchev–Trinajstić information content (AvgIpc) is 2.86. The number of rotatable bonds is 9. The molecule has 34 heavy (non-hydrogen) atoms. The normalized spacial score (nSPS) is 17.2. The van der Waals surface area contributed by atoms with Gasteiger partial charge in [-0.2, -0.15) is 0 Å². The molecule has 1 fully saturated rings.